The Morgan fingerprint density at radius 3 is 2.60 bits per heavy atom. The zero-order chi connectivity index (χ0) is 18.0. The molecule has 3 rings (SSSR count). The largest absolute Gasteiger partial charge is 0.416 e. The second-order valence-electron chi connectivity index (χ2n) is 6.58. The van der Waals surface area contributed by atoms with Crippen LogP contribution in [-0.2, 0) is 11.0 Å². The number of nitrogens with zero attached hydrogens (tertiary/aromatic N) is 1. The topological polar surface area (TPSA) is 61.4 Å². The molecule has 2 N–H and O–H groups in total. The second kappa shape index (κ2) is 6.93. The number of nitrogens with one attached hydrogen (secondary N) is 2. The van der Waals surface area contributed by atoms with Gasteiger partial charge in [-0.25, -0.2) is 4.79 Å². The van der Waals surface area contributed by atoms with E-state index in [4.69, 9.17) is 0 Å². The van der Waals surface area contributed by atoms with Gasteiger partial charge in [0.15, 0.2) is 0 Å². The van der Waals surface area contributed by atoms with Gasteiger partial charge in [-0.3, -0.25) is 4.79 Å². The number of likely N-dealkylation sites (tertiary alicyclic amines) is 1. The zero-order valence-electron chi connectivity index (χ0n) is 13.6. The number of amides is 3. The van der Waals surface area contributed by atoms with Crippen molar-refractivity contribution < 1.29 is 22.8 Å². The SMILES string of the molecule is O=C(Nc1cccc(C(F)(F)F)c1)C1CCCN(C(=O)NC2CC2)C1. The third-order valence-corrected chi connectivity index (χ3v) is 4.44. The van der Waals surface area contributed by atoms with Crippen molar-refractivity contribution in [1.29, 1.82) is 0 Å². The van der Waals surface area contributed by atoms with Crippen molar-refractivity contribution in [3.05, 3.63) is 29.8 Å². The molecule has 2 aliphatic rings. The first-order valence-electron chi connectivity index (χ1n) is 8.36. The maximum atomic E-state index is 12.7. The Morgan fingerprint density at radius 2 is 1.92 bits per heavy atom. The van der Waals surface area contributed by atoms with Gasteiger partial charge in [0.1, 0.15) is 0 Å². The Balaban J connectivity index is 1.59. The van der Waals surface area contributed by atoms with E-state index in [1.807, 2.05) is 0 Å². The number of halogens is 3. The van der Waals surface area contributed by atoms with Crippen molar-refractivity contribution in [2.24, 2.45) is 5.92 Å². The summed E-state index contributed by atoms with van der Waals surface area (Å²) in [6.07, 6.45) is -1.18. The van der Waals surface area contributed by atoms with Gasteiger partial charge in [-0.05, 0) is 43.9 Å². The van der Waals surface area contributed by atoms with E-state index in [1.165, 1.54) is 12.1 Å². The number of urea groups is 1. The molecular weight excluding hydrogens is 335 g/mol. The molecule has 3 amide bonds. The van der Waals surface area contributed by atoms with Crippen LogP contribution in [0.25, 0.3) is 0 Å². The molecule has 8 heteroatoms. The summed E-state index contributed by atoms with van der Waals surface area (Å²) in [6.45, 7) is 0.870. The van der Waals surface area contributed by atoms with Crippen molar-refractivity contribution in [2.45, 2.75) is 37.9 Å². The minimum absolute atomic E-state index is 0.111. The lowest BCUT2D eigenvalue weighted by atomic mass is 9.97. The molecule has 0 bridgehead atoms. The average Bonchev–Trinajstić information content (AvgIpc) is 3.38. The molecule has 1 aliphatic heterocycles. The molecule has 1 saturated carbocycles. The summed E-state index contributed by atoms with van der Waals surface area (Å²) >= 11 is 0. The number of anilines is 1. The number of hydrogen-bond acceptors (Lipinski definition) is 2. The molecule has 136 valence electrons. The van der Waals surface area contributed by atoms with Gasteiger partial charge in [0.05, 0.1) is 11.5 Å². The molecule has 1 unspecified atom stereocenters. The van der Waals surface area contributed by atoms with Gasteiger partial charge in [0.25, 0.3) is 0 Å². The van der Waals surface area contributed by atoms with Gasteiger partial charge in [-0.2, -0.15) is 13.2 Å². The van der Waals surface area contributed by atoms with E-state index in [9.17, 15) is 22.8 Å². The lowest BCUT2D eigenvalue weighted by Crippen LogP contribution is -2.48. The first-order chi connectivity index (χ1) is 11.8. The smallest absolute Gasteiger partial charge is 0.335 e. The van der Waals surface area contributed by atoms with Crippen LogP contribution in [0.3, 0.4) is 0 Å². The van der Waals surface area contributed by atoms with Gasteiger partial charge in [-0.15, -0.1) is 0 Å². The van der Waals surface area contributed by atoms with Gasteiger partial charge in [-0.1, -0.05) is 6.07 Å². The highest BCUT2D eigenvalue weighted by molar-refractivity contribution is 5.93. The lowest BCUT2D eigenvalue weighted by molar-refractivity contribution is -0.137. The molecular formula is C17H20F3N3O2. The Hall–Kier alpha value is -2.25. The van der Waals surface area contributed by atoms with E-state index >= 15 is 0 Å². The molecule has 2 fully saturated rings. The fourth-order valence-corrected chi connectivity index (χ4v) is 2.89. The first kappa shape index (κ1) is 17.6. The molecule has 1 aromatic rings. The minimum Gasteiger partial charge on any atom is -0.335 e. The van der Waals surface area contributed by atoms with E-state index in [2.05, 4.69) is 10.6 Å². The fourth-order valence-electron chi connectivity index (χ4n) is 2.89. The van der Waals surface area contributed by atoms with Gasteiger partial charge < -0.3 is 15.5 Å². The summed E-state index contributed by atoms with van der Waals surface area (Å²) in [7, 11) is 0. The number of alkyl halides is 3. The van der Waals surface area contributed by atoms with Crippen molar-refractivity contribution in [1.82, 2.24) is 10.2 Å². The monoisotopic (exact) mass is 355 g/mol. The van der Waals surface area contributed by atoms with Crippen molar-refractivity contribution >= 4 is 17.6 Å². The normalized spacial score (nSPS) is 20.9. The number of hydrogen-bond donors (Lipinski definition) is 2. The standard InChI is InChI=1S/C17H20F3N3O2/c18-17(19,20)12-4-1-5-14(9-12)21-15(24)11-3-2-8-23(10-11)16(25)22-13-6-7-13/h1,4-5,9,11,13H,2-3,6-8,10H2,(H,21,24)(H,22,25). The fraction of sp³-hybridized carbons (Fsp3) is 0.529. The predicted molar refractivity (Wildman–Crippen MR) is 85.9 cm³/mol. The quantitative estimate of drug-likeness (QED) is 0.875. The van der Waals surface area contributed by atoms with E-state index in [0.29, 0.717) is 19.4 Å². The summed E-state index contributed by atoms with van der Waals surface area (Å²) in [4.78, 5) is 26.1. The summed E-state index contributed by atoms with van der Waals surface area (Å²) in [6, 6.07) is 4.63. The molecule has 1 atom stereocenters. The number of carbonyl (C=O) groups excluding carboxylic acids is 2. The predicted octanol–water partition coefficient (Wildman–Crippen LogP) is 3.23. The Kier molecular flexibility index (Phi) is 4.87. The number of rotatable bonds is 3. The van der Waals surface area contributed by atoms with Crippen LogP contribution in [0.4, 0.5) is 23.7 Å². The molecule has 1 aliphatic carbocycles. The summed E-state index contributed by atoms with van der Waals surface area (Å²) in [5.41, 5.74) is -0.696. The van der Waals surface area contributed by atoms with Crippen LogP contribution < -0.4 is 10.6 Å². The maximum absolute atomic E-state index is 12.7. The highest BCUT2D eigenvalue weighted by atomic mass is 19.4. The third kappa shape index (κ3) is 4.64. The minimum atomic E-state index is -4.46. The molecule has 1 aromatic carbocycles. The summed E-state index contributed by atoms with van der Waals surface area (Å²) in [5.74, 6) is -0.781. The van der Waals surface area contributed by atoms with Crippen LogP contribution in [0.15, 0.2) is 24.3 Å². The molecule has 1 saturated heterocycles. The lowest BCUT2D eigenvalue weighted by Gasteiger charge is -2.32. The highest BCUT2D eigenvalue weighted by Crippen LogP contribution is 2.31. The van der Waals surface area contributed by atoms with Gasteiger partial charge >= 0.3 is 12.2 Å². The van der Waals surface area contributed by atoms with Crippen molar-refractivity contribution in [3.63, 3.8) is 0 Å². The van der Waals surface area contributed by atoms with Gasteiger partial charge in [0.2, 0.25) is 5.91 Å². The second-order valence-corrected chi connectivity index (χ2v) is 6.58. The van der Waals surface area contributed by atoms with Crippen LogP contribution >= 0.6 is 0 Å². The summed E-state index contributed by atoms with van der Waals surface area (Å²) in [5, 5.41) is 5.43. The van der Waals surface area contributed by atoms with Crippen molar-refractivity contribution in [3.8, 4) is 0 Å². The van der Waals surface area contributed by atoms with Crippen LogP contribution in [0, 0.1) is 5.92 Å². The number of benzene rings is 1. The molecule has 25 heavy (non-hydrogen) atoms. The average molecular weight is 355 g/mol. The van der Waals surface area contributed by atoms with Crippen molar-refractivity contribution in [2.75, 3.05) is 18.4 Å². The van der Waals surface area contributed by atoms with Crippen LogP contribution in [0.2, 0.25) is 0 Å². The summed E-state index contributed by atoms with van der Waals surface area (Å²) < 4.78 is 38.2. The Labute approximate surface area is 143 Å². The first-order valence-corrected chi connectivity index (χ1v) is 8.36. The third-order valence-electron chi connectivity index (χ3n) is 4.44. The molecule has 0 radical (unpaired) electrons. The molecule has 1 heterocycles. The van der Waals surface area contributed by atoms with Crippen LogP contribution in [0.1, 0.15) is 31.2 Å². The Bertz CT molecular complexity index is 659. The molecule has 5 nitrogen and oxygen atoms in total. The number of piperidine rings is 1. The van der Waals surface area contributed by atoms with Crippen LogP contribution in [-0.4, -0.2) is 36.0 Å². The highest BCUT2D eigenvalue weighted by Gasteiger charge is 2.32. The van der Waals surface area contributed by atoms with E-state index in [-0.39, 0.29) is 30.2 Å². The maximum Gasteiger partial charge on any atom is 0.416 e. The van der Waals surface area contributed by atoms with E-state index in [1.54, 1.807) is 4.90 Å². The zero-order valence-corrected chi connectivity index (χ0v) is 13.6. The number of carbonyl (C=O) groups is 2. The van der Waals surface area contributed by atoms with E-state index in [0.717, 1.165) is 25.0 Å². The molecule has 0 aromatic heterocycles. The molecule has 0 spiro atoms. The van der Waals surface area contributed by atoms with E-state index < -0.39 is 17.7 Å². The van der Waals surface area contributed by atoms with Crippen LogP contribution in [0.5, 0.6) is 0 Å². The van der Waals surface area contributed by atoms with Gasteiger partial charge in [0, 0.05) is 24.8 Å². The Morgan fingerprint density at radius 1 is 1.16 bits per heavy atom.